The SMILES string of the molecule is CC1(C)C(=O)NC(=O)CN1Cc1cccc(C(N)=S)c1F. The molecule has 1 aromatic carbocycles. The number of nitrogens with two attached hydrogens (primary N) is 1. The molecule has 1 fully saturated rings. The van der Waals surface area contributed by atoms with Crippen molar-refractivity contribution in [2.45, 2.75) is 25.9 Å². The number of imide groups is 1. The minimum atomic E-state index is -0.903. The molecule has 2 amide bonds. The fourth-order valence-electron chi connectivity index (χ4n) is 2.19. The fraction of sp³-hybridized carbons (Fsp3) is 0.357. The van der Waals surface area contributed by atoms with Crippen LogP contribution < -0.4 is 11.1 Å². The molecule has 0 aromatic heterocycles. The fourth-order valence-corrected chi connectivity index (χ4v) is 2.34. The number of halogens is 1. The van der Waals surface area contributed by atoms with E-state index < -0.39 is 23.2 Å². The summed E-state index contributed by atoms with van der Waals surface area (Å²) >= 11 is 4.80. The van der Waals surface area contributed by atoms with Gasteiger partial charge in [-0.25, -0.2) is 4.39 Å². The molecule has 0 bridgehead atoms. The zero-order valence-corrected chi connectivity index (χ0v) is 12.6. The van der Waals surface area contributed by atoms with E-state index in [4.69, 9.17) is 18.0 Å². The minimum Gasteiger partial charge on any atom is -0.389 e. The summed E-state index contributed by atoms with van der Waals surface area (Å²) in [6.07, 6.45) is 0. The second kappa shape index (κ2) is 5.50. The number of carbonyl (C=O) groups is 2. The van der Waals surface area contributed by atoms with Crippen LogP contribution in [0, 0.1) is 5.82 Å². The highest BCUT2D eigenvalue weighted by molar-refractivity contribution is 7.80. The first-order chi connectivity index (χ1) is 9.73. The van der Waals surface area contributed by atoms with Crippen molar-refractivity contribution in [2.24, 2.45) is 5.73 Å². The molecule has 5 nitrogen and oxygen atoms in total. The summed E-state index contributed by atoms with van der Waals surface area (Å²) in [6, 6.07) is 4.73. The third-order valence-corrected chi connectivity index (χ3v) is 3.86. The molecule has 0 radical (unpaired) electrons. The molecule has 0 unspecified atom stereocenters. The van der Waals surface area contributed by atoms with E-state index in [1.165, 1.54) is 6.07 Å². The standard InChI is InChI=1S/C14H16FN3O2S/c1-14(2)13(20)17-10(19)7-18(14)6-8-4-3-5-9(11(8)15)12(16)21/h3-5H,6-7H2,1-2H3,(H2,16,21)(H,17,19,20). The van der Waals surface area contributed by atoms with Gasteiger partial charge in [-0.2, -0.15) is 0 Å². The number of amides is 2. The Morgan fingerprint density at radius 2 is 2.14 bits per heavy atom. The van der Waals surface area contributed by atoms with Crippen LogP contribution in [-0.2, 0) is 16.1 Å². The molecule has 21 heavy (non-hydrogen) atoms. The van der Waals surface area contributed by atoms with Crippen LogP contribution in [0.2, 0.25) is 0 Å². The van der Waals surface area contributed by atoms with Gasteiger partial charge in [-0.15, -0.1) is 0 Å². The lowest BCUT2D eigenvalue weighted by atomic mass is 9.97. The summed E-state index contributed by atoms with van der Waals surface area (Å²) in [4.78, 5) is 25.0. The van der Waals surface area contributed by atoms with Crippen LogP contribution in [0.25, 0.3) is 0 Å². The maximum absolute atomic E-state index is 14.3. The van der Waals surface area contributed by atoms with Gasteiger partial charge in [0.1, 0.15) is 10.8 Å². The van der Waals surface area contributed by atoms with Crippen molar-refractivity contribution in [3.63, 3.8) is 0 Å². The number of hydrogen-bond acceptors (Lipinski definition) is 4. The van der Waals surface area contributed by atoms with Gasteiger partial charge in [0.15, 0.2) is 0 Å². The zero-order valence-electron chi connectivity index (χ0n) is 11.8. The average Bonchev–Trinajstić information content (AvgIpc) is 2.38. The second-order valence-electron chi connectivity index (χ2n) is 5.44. The van der Waals surface area contributed by atoms with Gasteiger partial charge in [-0.3, -0.25) is 19.8 Å². The number of nitrogens with zero attached hydrogens (tertiary/aromatic N) is 1. The van der Waals surface area contributed by atoms with Crippen LogP contribution in [0.4, 0.5) is 4.39 Å². The van der Waals surface area contributed by atoms with E-state index in [1.807, 2.05) is 0 Å². The van der Waals surface area contributed by atoms with Crippen molar-refractivity contribution in [3.8, 4) is 0 Å². The van der Waals surface area contributed by atoms with Crippen LogP contribution in [0.15, 0.2) is 18.2 Å². The molecule has 0 saturated carbocycles. The molecular weight excluding hydrogens is 293 g/mol. The molecule has 0 atom stereocenters. The van der Waals surface area contributed by atoms with Crippen molar-refractivity contribution in [1.82, 2.24) is 10.2 Å². The number of nitrogens with one attached hydrogen (secondary N) is 1. The van der Waals surface area contributed by atoms with Crippen molar-refractivity contribution >= 4 is 29.0 Å². The van der Waals surface area contributed by atoms with Gasteiger partial charge in [0, 0.05) is 17.7 Å². The van der Waals surface area contributed by atoms with E-state index >= 15 is 0 Å². The third kappa shape index (κ3) is 2.93. The van der Waals surface area contributed by atoms with E-state index in [-0.39, 0.29) is 23.6 Å². The number of rotatable bonds is 3. The second-order valence-corrected chi connectivity index (χ2v) is 5.88. The van der Waals surface area contributed by atoms with Crippen LogP contribution in [0.3, 0.4) is 0 Å². The lowest BCUT2D eigenvalue weighted by Gasteiger charge is -2.40. The van der Waals surface area contributed by atoms with Gasteiger partial charge in [0.05, 0.1) is 12.1 Å². The average molecular weight is 309 g/mol. The molecule has 1 aromatic rings. The predicted octanol–water partition coefficient (Wildman–Crippen LogP) is 0.697. The molecule has 0 spiro atoms. The summed E-state index contributed by atoms with van der Waals surface area (Å²) < 4.78 is 14.3. The molecule has 7 heteroatoms. The Labute approximate surface area is 127 Å². The predicted molar refractivity (Wildman–Crippen MR) is 79.9 cm³/mol. The van der Waals surface area contributed by atoms with E-state index in [9.17, 15) is 14.0 Å². The van der Waals surface area contributed by atoms with E-state index in [1.54, 1.807) is 30.9 Å². The first kappa shape index (κ1) is 15.5. The summed E-state index contributed by atoms with van der Waals surface area (Å²) in [5, 5.41) is 2.28. The molecule has 1 heterocycles. The summed E-state index contributed by atoms with van der Waals surface area (Å²) in [5.74, 6) is -1.31. The third-order valence-electron chi connectivity index (χ3n) is 3.64. The normalized spacial score (nSPS) is 18.4. The molecule has 3 N–H and O–H groups in total. The number of thiocarbonyl (C=S) groups is 1. The topological polar surface area (TPSA) is 75.4 Å². The Morgan fingerprint density at radius 1 is 1.48 bits per heavy atom. The van der Waals surface area contributed by atoms with Crippen LogP contribution in [0.1, 0.15) is 25.0 Å². The maximum atomic E-state index is 14.3. The number of piperazine rings is 1. The van der Waals surface area contributed by atoms with E-state index in [2.05, 4.69) is 5.32 Å². The molecule has 1 aliphatic rings. The highest BCUT2D eigenvalue weighted by Gasteiger charge is 2.41. The zero-order chi connectivity index (χ0) is 15.8. The Kier molecular flexibility index (Phi) is 4.06. The Bertz CT molecular complexity index is 631. The van der Waals surface area contributed by atoms with Crippen molar-refractivity contribution in [1.29, 1.82) is 0 Å². The van der Waals surface area contributed by atoms with Crippen molar-refractivity contribution in [3.05, 3.63) is 35.1 Å². The Hall–Kier alpha value is -1.86. The number of benzene rings is 1. The van der Waals surface area contributed by atoms with E-state index in [0.29, 0.717) is 5.56 Å². The lowest BCUT2D eigenvalue weighted by molar-refractivity contribution is -0.145. The lowest BCUT2D eigenvalue weighted by Crippen LogP contribution is -2.63. The highest BCUT2D eigenvalue weighted by atomic mass is 32.1. The monoisotopic (exact) mass is 309 g/mol. The Balaban J connectivity index is 2.33. The minimum absolute atomic E-state index is 0.0233. The molecule has 112 valence electrons. The van der Waals surface area contributed by atoms with Gasteiger partial charge in [0.2, 0.25) is 11.8 Å². The van der Waals surface area contributed by atoms with Crippen molar-refractivity contribution < 1.29 is 14.0 Å². The Morgan fingerprint density at radius 3 is 2.76 bits per heavy atom. The molecule has 0 aliphatic carbocycles. The van der Waals surface area contributed by atoms with E-state index in [0.717, 1.165) is 0 Å². The van der Waals surface area contributed by atoms with Gasteiger partial charge in [-0.05, 0) is 19.9 Å². The molecular formula is C14H16FN3O2S. The van der Waals surface area contributed by atoms with Crippen molar-refractivity contribution in [2.75, 3.05) is 6.54 Å². The smallest absolute Gasteiger partial charge is 0.246 e. The largest absolute Gasteiger partial charge is 0.389 e. The first-order valence-corrected chi connectivity index (χ1v) is 6.81. The van der Waals surface area contributed by atoms with Crippen LogP contribution >= 0.6 is 12.2 Å². The summed E-state index contributed by atoms with van der Waals surface area (Å²) in [6.45, 7) is 3.51. The summed E-state index contributed by atoms with van der Waals surface area (Å²) in [5.41, 5.74) is 5.07. The summed E-state index contributed by atoms with van der Waals surface area (Å²) in [7, 11) is 0. The highest BCUT2D eigenvalue weighted by Crippen LogP contribution is 2.23. The number of hydrogen-bond donors (Lipinski definition) is 2. The number of carbonyl (C=O) groups excluding carboxylic acids is 2. The van der Waals surface area contributed by atoms with Crippen LogP contribution in [0.5, 0.6) is 0 Å². The first-order valence-electron chi connectivity index (χ1n) is 6.40. The van der Waals surface area contributed by atoms with Gasteiger partial charge in [-0.1, -0.05) is 24.4 Å². The van der Waals surface area contributed by atoms with Gasteiger partial charge in [0.25, 0.3) is 0 Å². The molecule has 1 aliphatic heterocycles. The van der Waals surface area contributed by atoms with Gasteiger partial charge >= 0.3 is 0 Å². The maximum Gasteiger partial charge on any atom is 0.246 e. The van der Waals surface area contributed by atoms with Gasteiger partial charge < -0.3 is 5.73 Å². The quantitative estimate of drug-likeness (QED) is 0.635. The van der Waals surface area contributed by atoms with Crippen LogP contribution in [-0.4, -0.2) is 33.8 Å². The molecule has 2 rings (SSSR count). The molecule has 1 saturated heterocycles.